The normalized spacial score (nSPS) is 10.3. The summed E-state index contributed by atoms with van der Waals surface area (Å²) in [5.41, 5.74) is 1.79. The van der Waals surface area contributed by atoms with Crippen molar-refractivity contribution in [2.75, 3.05) is 0 Å². The van der Waals surface area contributed by atoms with Gasteiger partial charge >= 0.3 is 0 Å². The number of hydrogen-bond acceptors (Lipinski definition) is 3. The average Bonchev–Trinajstić information content (AvgIpc) is 2.99. The van der Waals surface area contributed by atoms with E-state index >= 15 is 0 Å². The van der Waals surface area contributed by atoms with Crippen molar-refractivity contribution in [1.82, 2.24) is 10.3 Å². The molecule has 3 nitrogen and oxygen atoms in total. The number of nitrogens with zero attached hydrogens (tertiary/aromatic N) is 1. The van der Waals surface area contributed by atoms with Gasteiger partial charge in [0.1, 0.15) is 11.5 Å². The van der Waals surface area contributed by atoms with E-state index in [-0.39, 0.29) is 12.4 Å². The standard InChI is InChI=1S/C17H14Cl2N2O.ClH/c18-12-4-6-16(19)15(9-12)17-7-5-14(22-17)11-20-10-13-3-1-2-8-21-13;/h1-9,20H,10-11H2;1H/p-1. The van der Waals surface area contributed by atoms with Crippen LogP contribution in [0.1, 0.15) is 11.5 Å². The Morgan fingerprint density at radius 1 is 1.00 bits per heavy atom. The molecule has 23 heavy (non-hydrogen) atoms. The van der Waals surface area contributed by atoms with Crippen LogP contribution in [-0.2, 0) is 13.1 Å². The van der Waals surface area contributed by atoms with Gasteiger partial charge in [-0.15, -0.1) is 0 Å². The molecule has 0 aliphatic rings. The molecule has 2 heterocycles. The van der Waals surface area contributed by atoms with Crippen LogP contribution in [0.5, 0.6) is 0 Å². The third kappa shape index (κ3) is 4.72. The van der Waals surface area contributed by atoms with Crippen molar-refractivity contribution in [3.8, 4) is 11.3 Å². The van der Waals surface area contributed by atoms with Gasteiger partial charge < -0.3 is 22.1 Å². The molecule has 0 spiro atoms. The van der Waals surface area contributed by atoms with E-state index in [1.165, 1.54) is 0 Å². The molecule has 0 fully saturated rings. The van der Waals surface area contributed by atoms with E-state index < -0.39 is 0 Å². The SMILES string of the molecule is Clc1ccc(Cl)c(-c2ccc(CNCc3ccccn3)o2)c1.[Cl-]. The van der Waals surface area contributed by atoms with Crippen molar-refractivity contribution >= 4 is 23.2 Å². The van der Waals surface area contributed by atoms with E-state index in [0.717, 1.165) is 17.0 Å². The minimum Gasteiger partial charge on any atom is -1.00 e. The van der Waals surface area contributed by atoms with Gasteiger partial charge in [0, 0.05) is 23.3 Å². The van der Waals surface area contributed by atoms with Gasteiger partial charge in [-0.05, 0) is 42.5 Å². The maximum atomic E-state index is 6.18. The maximum absolute atomic E-state index is 6.18. The summed E-state index contributed by atoms with van der Waals surface area (Å²) in [6, 6.07) is 15.0. The number of halogens is 3. The van der Waals surface area contributed by atoms with Gasteiger partial charge in [0.15, 0.2) is 0 Å². The largest absolute Gasteiger partial charge is 1.00 e. The number of furan rings is 1. The average molecular weight is 369 g/mol. The van der Waals surface area contributed by atoms with E-state index in [2.05, 4.69) is 10.3 Å². The molecule has 1 N–H and O–H groups in total. The van der Waals surface area contributed by atoms with Crippen LogP contribution in [0, 0.1) is 0 Å². The Balaban J connectivity index is 0.00000192. The lowest BCUT2D eigenvalue weighted by Gasteiger charge is -2.03. The number of aromatic nitrogens is 1. The molecule has 120 valence electrons. The van der Waals surface area contributed by atoms with Crippen molar-refractivity contribution in [3.05, 3.63) is 76.2 Å². The van der Waals surface area contributed by atoms with Crippen molar-refractivity contribution in [1.29, 1.82) is 0 Å². The fraction of sp³-hybridized carbons (Fsp3) is 0.118. The fourth-order valence-electron chi connectivity index (χ4n) is 2.12. The molecule has 3 aromatic rings. The Bertz CT molecular complexity index is 760. The minimum atomic E-state index is 0. The molecule has 1 aromatic carbocycles. The molecule has 0 aliphatic heterocycles. The smallest absolute Gasteiger partial charge is 0.135 e. The van der Waals surface area contributed by atoms with Crippen LogP contribution in [-0.4, -0.2) is 4.98 Å². The van der Waals surface area contributed by atoms with Crippen LogP contribution >= 0.6 is 23.2 Å². The van der Waals surface area contributed by atoms with Gasteiger partial charge in [0.25, 0.3) is 0 Å². The lowest BCUT2D eigenvalue weighted by atomic mass is 10.2. The first-order valence-corrected chi connectivity index (χ1v) is 7.63. The Morgan fingerprint density at radius 2 is 1.87 bits per heavy atom. The van der Waals surface area contributed by atoms with Crippen molar-refractivity contribution in [2.45, 2.75) is 13.1 Å². The topological polar surface area (TPSA) is 38.1 Å². The molecule has 0 amide bonds. The van der Waals surface area contributed by atoms with Crippen LogP contribution < -0.4 is 17.7 Å². The second kappa shape index (κ2) is 8.37. The number of nitrogens with one attached hydrogen (secondary N) is 1. The van der Waals surface area contributed by atoms with Gasteiger partial charge in [-0.25, -0.2) is 0 Å². The summed E-state index contributed by atoms with van der Waals surface area (Å²) >= 11 is 12.2. The molecule has 0 aliphatic carbocycles. The Morgan fingerprint density at radius 3 is 2.65 bits per heavy atom. The summed E-state index contributed by atoms with van der Waals surface area (Å²) in [7, 11) is 0. The van der Waals surface area contributed by atoms with Crippen molar-refractivity contribution in [3.63, 3.8) is 0 Å². The first kappa shape index (κ1) is 17.8. The van der Waals surface area contributed by atoms with Gasteiger partial charge in [0.05, 0.1) is 17.3 Å². The van der Waals surface area contributed by atoms with E-state index in [0.29, 0.717) is 28.9 Å². The van der Waals surface area contributed by atoms with Gasteiger partial charge in [0.2, 0.25) is 0 Å². The molecule has 0 unspecified atom stereocenters. The summed E-state index contributed by atoms with van der Waals surface area (Å²) in [5.74, 6) is 1.55. The van der Waals surface area contributed by atoms with Crippen LogP contribution in [0.2, 0.25) is 10.0 Å². The molecular weight excluding hydrogens is 355 g/mol. The molecule has 3 rings (SSSR count). The highest BCUT2D eigenvalue weighted by atomic mass is 35.5. The molecule has 0 atom stereocenters. The second-order valence-electron chi connectivity index (χ2n) is 4.81. The van der Waals surface area contributed by atoms with E-state index in [1.54, 1.807) is 24.4 Å². The number of hydrogen-bond donors (Lipinski definition) is 1. The van der Waals surface area contributed by atoms with E-state index in [1.807, 2.05) is 30.3 Å². The summed E-state index contributed by atoms with van der Waals surface area (Å²) < 4.78 is 5.82. The molecular formula is C17H14Cl3N2O-. The van der Waals surface area contributed by atoms with Gasteiger partial charge in [-0.3, -0.25) is 4.98 Å². The van der Waals surface area contributed by atoms with Crippen LogP contribution in [0.4, 0.5) is 0 Å². The highest BCUT2D eigenvalue weighted by molar-refractivity contribution is 6.35. The lowest BCUT2D eigenvalue weighted by molar-refractivity contribution is -0.00000489. The van der Waals surface area contributed by atoms with E-state index in [4.69, 9.17) is 27.6 Å². The minimum absolute atomic E-state index is 0. The highest BCUT2D eigenvalue weighted by Gasteiger charge is 2.09. The Kier molecular flexibility index (Phi) is 6.48. The quantitative estimate of drug-likeness (QED) is 0.748. The van der Waals surface area contributed by atoms with Crippen molar-refractivity contribution < 1.29 is 16.8 Å². The zero-order chi connectivity index (χ0) is 15.4. The zero-order valence-corrected chi connectivity index (χ0v) is 14.4. The van der Waals surface area contributed by atoms with Crippen LogP contribution in [0.15, 0.2) is 59.1 Å². The van der Waals surface area contributed by atoms with Gasteiger partial charge in [-0.1, -0.05) is 29.3 Å². The fourth-order valence-corrected chi connectivity index (χ4v) is 2.50. The highest BCUT2D eigenvalue weighted by Crippen LogP contribution is 2.31. The van der Waals surface area contributed by atoms with Crippen LogP contribution in [0.25, 0.3) is 11.3 Å². The lowest BCUT2D eigenvalue weighted by Crippen LogP contribution is -3.00. The molecule has 6 heteroatoms. The third-order valence-electron chi connectivity index (χ3n) is 3.19. The van der Waals surface area contributed by atoms with Crippen LogP contribution in [0.3, 0.4) is 0 Å². The molecule has 0 saturated carbocycles. The van der Waals surface area contributed by atoms with Gasteiger partial charge in [-0.2, -0.15) is 0 Å². The third-order valence-corrected chi connectivity index (χ3v) is 3.75. The molecule has 0 saturated heterocycles. The first-order valence-electron chi connectivity index (χ1n) is 6.87. The Labute approximate surface area is 151 Å². The molecule has 2 aromatic heterocycles. The molecule has 0 radical (unpaired) electrons. The predicted octanol–water partition coefficient (Wildman–Crippen LogP) is 1.94. The number of benzene rings is 1. The van der Waals surface area contributed by atoms with E-state index in [9.17, 15) is 0 Å². The summed E-state index contributed by atoms with van der Waals surface area (Å²) in [6.45, 7) is 1.31. The maximum Gasteiger partial charge on any atom is 0.135 e. The Hall–Kier alpha value is -1.52. The number of rotatable bonds is 5. The first-order chi connectivity index (χ1) is 10.7. The zero-order valence-electron chi connectivity index (χ0n) is 12.1. The predicted molar refractivity (Wildman–Crippen MR) is 88.9 cm³/mol. The summed E-state index contributed by atoms with van der Waals surface area (Å²) in [6.07, 6.45) is 1.78. The monoisotopic (exact) mass is 367 g/mol. The summed E-state index contributed by atoms with van der Waals surface area (Å²) in [4.78, 5) is 4.26. The second-order valence-corrected chi connectivity index (χ2v) is 5.66. The number of pyridine rings is 1. The summed E-state index contributed by atoms with van der Waals surface area (Å²) in [5, 5.41) is 4.54. The van der Waals surface area contributed by atoms with Crippen molar-refractivity contribution in [2.24, 2.45) is 0 Å². The molecule has 0 bridgehead atoms.